The molecule has 0 radical (unpaired) electrons. The van der Waals surface area contributed by atoms with Gasteiger partial charge in [-0.3, -0.25) is 5.10 Å². The van der Waals surface area contributed by atoms with Crippen LogP contribution in [-0.4, -0.2) is 45.7 Å². The summed E-state index contributed by atoms with van der Waals surface area (Å²) in [5, 5.41) is 10.0. The molecule has 0 fully saturated rings. The highest BCUT2D eigenvalue weighted by molar-refractivity contribution is 7.89. The summed E-state index contributed by atoms with van der Waals surface area (Å²) in [5.41, 5.74) is 0.0162. The minimum Gasteiger partial charge on any atom is -0.337 e. The molecule has 0 saturated heterocycles. The highest BCUT2D eigenvalue weighted by Gasteiger charge is 2.41. The van der Waals surface area contributed by atoms with E-state index in [4.69, 9.17) is 4.52 Å². The number of nitrogens with one attached hydrogen (secondary N) is 2. The lowest BCUT2D eigenvalue weighted by atomic mass is 9.96. The van der Waals surface area contributed by atoms with Crippen LogP contribution in [0.3, 0.4) is 0 Å². The number of H-pyrrole nitrogens is 1. The van der Waals surface area contributed by atoms with Gasteiger partial charge in [0.15, 0.2) is 5.82 Å². The molecule has 2 aromatic heterocycles. The van der Waals surface area contributed by atoms with Gasteiger partial charge in [-0.2, -0.15) is 23.3 Å². The summed E-state index contributed by atoms with van der Waals surface area (Å²) in [6.45, 7) is 3.73. The number of aromatic nitrogens is 5. The molecule has 2 N–H and O–H groups in total. The average molecular weight is 472 g/mol. The van der Waals surface area contributed by atoms with Gasteiger partial charge < -0.3 is 4.52 Å². The van der Waals surface area contributed by atoms with E-state index in [9.17, 15) is 21.6 Å². The third kappa shape index (κ3) is 6.36. The monoisotopic (exact) mass is 472 g/mol. The van der Waals surface area contributed by atoms with Gasteiger partial charge in [-0.05, 0) is 24.3 Å². The molecule has 3 aromatic rings. The fourth-order valence-electron chi connectivity index (χ4n) is 3.21. The lowest BCUT2D eigenvalue weighted by Crippen LogP contribution is -2.33. The molecule has 0 bridgehead atoms. The van der Waals surface area contributed by atoms with Gasteiger partial charge in [0.1, 0.15) is 12.4 Å². The van der Waals surface area contributed by atoms with Crippen molar-refractivity contribution in [2.45, 2.75) is 44.8 Å². The van der Waals surface area contributed by atoms with E-state index in [1.807, 2.05) is 13.8 Å². The van der Waals surface area contributed by atoms with Gasteiger partial charge in [0.05, 0.1) is 11.7 Å². The molecule has 174 valence electrons. The third-order valence-corrected chi connectivity index (χ3v) is 6.08. The van der Waals surface area contributed by atoms with Crippen molar-refractivity contribution in [3.63, 3.8) is 0 Å². The van der Waals surface area contributed by atoms with Gasteiger partial charge in [0, 0.05) is 0 Å². The first-order valence-electron chi connectivity index (χ1n) is 9.86. The summed E-state index contributed by atoms with van der Waals surface area (Å²) in [7, 11) is -4.10. The second kappa shape index (κ2) is 9.77. The van der Waals surface area contributed by atoms with E-state index in [0.29, 0.717) is 6.42 Å². The average Bonchev–Trinajstić information content (AvgIpc) is 3.38. The standard InChI is InChI=1S/C19H23F3N6O3S/c1-12(2)10-15(18-25-17(27-31-18)16-23-11-24-26-16)28-32(29,30)9-8-14(19(20,21)22)13-6-4-3-5-7-13/h3-7,11-12,14-15,28H,8-10H2,1-2H3,(H,23,24,26). The van der Waals surface area contributed by atoms with E-state index < -0.39 is 40.3 Å². The van der Waals surface area contributed by atoms with Crippen molar-refractivity contribution >= 4 is 10.0 Å². The summed E-state index contributed by atoms with van der Waals surface area (Å²) in [6.07, 6.45) is -3.64. The number of alkyl halides is 3. The molecular weight excluding hydrogens is 449 g/mol. The van der Waals surface area contributed by atoms with Crippen LogP contribution in [0, 0.1) is 5.92 Å². The topological polar surface area (TPSA) is 127 Å². The lowest BCUT2D eigenvalue weighted by Gasteiger charge is -2.22. The van der Waals surface area contributed by atoms with E-state index in [1.165, 1.54) is 30.6 Å². The Morgan fingerprint density at radius 2 is 1.91 bits per heavy atom. The Balaban J connectivity index is 1.75. The van der Waals surface area contributed by atoms with E-state index in [1.54, 1.807) is 6.07 Å². The van der Waals surface area contributed by atoms with Crippen molar-refractivity contribution in [2.24, 2.45) is 5.92 Å². The van der Waals surface area contributed by atoms with Crippen LogP contribution in [0.25, 0.3) is 11.6 Å². The van der Waals surface area contributed by atoms with Crippen molar-refractivity contribution in [2.75, 3.05) is 5.75 Å². The Hall–Kier alpha value is -2.80. The van der Waals surface area contributed by atoms with Gasteiger partial charge >= 0.3 is 6.18 Å². The molecule has 9 nitrogen and oxygen atoms in total. The largest absolute Gasteiger partial charge is 0.395 e. The number of benzene rings is 1. The Morgan fingerprint density at radius 1 is 1.19 bits per heavy atom. The van der Waals surface area contributed by atoms with Crippen LogP contribution in [0.4, 0.5) is 13.2 Å². The maximum atomic E-state index is 13.6. The summed E-state index contributed by atoms with van der Waals surface area (Å²) in [6, 6.07) is 6.35. The minimum atomic E-state index is -4.58. The van der Waals surface area contributed by atoms with Crippen LogP contribution in [0.15, 0.2) is 41.2 Å². The Kier molecular flexibility index (Phi) is 7.29. The summed E-state index contributed by atoms with van der Waals surface area (Å²) >= 11 is 0. The van der Waals surface area contributed by atoms with Crippen molar-refractivity contribution in [3.05, 3.63) is 48.1 Å². The molecule has 0 aliphatic carbocycles. The number of sulfonamides is 1. The summed E-state index contributed by atoms with van der Waals surface area (Å²) in [5.74, 6) is -2.26. The van der Waals surface area contributed by atoms with E-state index in [2.05, 4.69) is 30.0 Å². The molecule has 0 spiro atoms. The quantitative estimate of drug-likeness (QED) is 0.462. The van der Waals surface area contributed by atoms with E-state index >= 15 is 0 Å². The molecule has 0 aliphatic heterocycles. The second-order valence-corrected chi connectivity index (χ2v) is 9.58. The van der Waals surface area contributed by atoms with Crippen molar-refractivity contribution in [1.29, 1.82) is 0 Å². The molecule has 2 unspecified atom stereocenters. The summed E-state index contributed by atoms with van der Waals surface area (Å²) in [4.78, 5) is 8.05. The predicted molar refractivity (Wildman–Crippen MR) is 109 cm³/mol. The van der Waals surface area contributed by atoms with Crippen LogP contribution in [0.2, 0.25) is 0 Å². The van der Waals surface area contributed by atoms with Crippen molar-refractivity contribution in [1.82, 2.24) is 30.0 Å². The van der Waals surface area contributed by atoms with Crippen molar-refractivity contribution < 1.29 is 26.1 Å². The molecule has 2 heterocycles. The van der Waals surface area contributed by atoms with Gasteiger partial charge in [0.25, 0.3) is 0 Å². The number of hydrogen-bond acceptors (Lipinski definition) is 7. The normalized spacial score (nSPS) is 14.6. The Morgan fingerprint density at radius 3 is 2.50 bits per heavy atom. The second-order valence-electron chi connectivity index (χ2n) is 7.70. The smallest absolute Gasteiger partial charge is 0.337 e. The van der Waals surface area contributed by atoms with Crippen LogP contribution < -0.4 is 4.72 Å². The van der Waals surface area contributed by atoms with Gasteiger partial charge in [-0.25, -0.2) is 18.1 Å². The van der Waals surface area contributed by atoms with Crippen molar-refractivity contribution in [3.8, 4) is 11.6 Å². The number of aromatic amines is 1. The maximum Gasteiger partial charge on any atom is 0.395 e. The number of rotatable bonds is 10. The zero-order valence-corrected chi connectivity index (χ0v) is 18.2. The maximum absolute atomic E-state index is 13.6. The third-order valence-electron chi connectivity index (χ3n) is 4.67. The number of nitrogens with zero attached hydrogens (tertiary/aromatic N) is 4. The molecule has 0 saturated carbocycles. The highest BCUT2D eigenvalue weighted by atomic mass is 32.2. The first-order valence-corrected chi connectivity index (χ1v) is 11.5. The number of halogens is 3. The highest BCUT2D eigenvalue weighted by Crippen LogP contribution is 2.37. The molecular formula is C19H23F3N6O3S. The fraction of sp³-hybridized carbons (Fsp3) is 0.474. The SMILES string of the molecule is CC(C)CC(NS(=O)(=O)CCC(c1ccccc1)C(F)(F)F)c1nc(-c2ncn[nH]2)no1. The molecule has 13 heteroatoms. The van der Waals surface area contributed by atoms with Crippen LogP contribution >= 0.6 is 0 Å². The lowest BCUT2D eigenvalue weighted by molar-refractivity contribution is -0.150. The zero-order valence-electron chi connectivity index (χ0n) is 17.4. The molecule has 0 amide bonds. The van der Waals surface area contributed by atoms with Crippen LogP contribution in [-0.2, 0) is 10.0 Å². The molecule has 32 heavy (non-hydrogen) atoms. The van der Waals surface area contributed by atoms with Crippen LogP contribution in [0.5, 0.6) is 0 Å². The zero-order chi connectivity index (χ0) is 23.4. The summed E-state index contributed by atoms with van der Waals surface area (Å²) < 4.78 is 73.7. The molecule has 3 rings (SSSR count). The molecule has 1 aromatic carbocycles. The number of hydrogen-bond donors (Lipinski definition) is 2. The fourth-order valence-corrected chi connectivity index (χ4v) is 4.50. The molecule has 2 atom stereocenters. The predicted octanol–water partition coefficient (Wildman–Crippen LogP) is 3.60. The van der Waals surface area contributed by atoms with E-state index in [0.717, 1.165) is 0 Å². The van der Waals surface area contributed by atoms with Gasteiger partial charge in [0.2, 0.25) is 21.7 Å². The Bertz CT molecular complexity index is 1090. The first kappa shape index (κ1) is 23.9. The van der Waals surface area contributed by atoms with Gasteiger partial charge in [-0.15, -0.1) is 0 Å². The van der Waals surface area contributed by atoms with Gasteiger partial charge in [-0.1, -0.05) is 49.3 Å². The first-order chi connectivity index (χ1) is 15.0. The van der Waals surface area contributed by atoms with Crippen LogP contribution in [0.1, 0.15) is 50.1 Å². The minimum absolute atomic E-state index is 0.0101. The van der Waals surface area contributed by atoms with E-state index in [-0.39, 0.29) is 29.0 Å². The molecule has 0 aliphatic rings. The Labute approximate surface area is 182 Å².